The number of nitrogens with two attached hydrogens (primary N) is 1. The highest BCUT2D eigenvalue weighted by atomic mass is 14.9. The highest BCUT2D eigenvalue weighted by Crippen LogP contribution is 2.22. The molecule has 0 amide bonds. The second-order valence-electron chi connectivity index (χ2n) is 4.86. The summed E-state index contributed by atoms with van der Waals surface area (Å²) in [5, 5.41) is 0. The largest absolute Gasteiger partial charge is 0.330 e. The normalized spacial score (nSPS) is 10.8. The van der Waals surface area contributed by atoms with Gasteiger partial charge in [-0.3, -0.25) is 4.98 Å². The highest BCUT2D eigenvalue weighted by molar-refractivity contribution is 5.59. The van der Waals surface area contributed by atoms with Crippen LogP contribution >= 0.6 is 0 Å². The van der Waals surface area contributed by atoms with E-state index < -0.39 is 0 Å². The molecule has 0 aliphatic carbocycles. The van der Waals surface area contributed by atoms with Gasteiger partial charge in [0.2, 0.25) is 0 Å². The lowest BCUT2D eigenvalue weighted by molar-refractivity contribution is 0.844. The molecule has 0 unspecified atom stereocenters. The van der Waals surface area contributed by atoms with E-state index in [1.165, 1.54) is 5.56 Å². The monoisotopic (exact) mass is 270 g/mol. The van der Waals surface area contributed by atoms with E-state index in [9.17, 15) is 0 Å². The van der Waals surface area contributed by atoms with Gasteiger partial charge in [0.05, 0.1) is 0 Å². The van der Waals surface area contributed by atoms with Crippen LogP contribution in [-0.4, -0.2) is 21.5 Å². The highest BCUT2D eigenvalue weighted by Gasteiger charge is 2.13. The second kappa shape index (κ2) is 6.57. The van der Waals surface area contributed by atoms with Crippen LogP contribution in [0.4, 0.5) is 0 Å². The molecular formula is C16H22N4. The van der Waals surface area contributed by atoms with E-state index >= 15 is 0 Å². The maximum atomic E-state index is 5.72. The molecule has 0 atom stereocenters. The van der Waals surface area contributed by atoms with Gasteiger partial charge in [-0.1, -0.05) is 13.8 Å². The Morgan fingerprint density at radius 2 is 1.75 bits per heavy atom. The Morgan fingerprint density at radius 1 is 1.10 bits per heavy atom. The molecule has 2 N–H and O–H groups in total. The minimum absolute atomic E-state index is 0.636. The molecule has 0 spiro atoms. The van der Waals surface area contributed by atoms with Gasteiger partial charge < -0.3 is 5.73 Å². The summed E-state index contributed by atoms with van der Waals surface area (Å²) in [5.41, 5.74) is 11.3. The third-order valence-electron chi connectivity index (χ3n) is 3.50. The lowest BCUT2D eigenvalue weighted by atomic mass is 10.0. The van der Waals surface area contributed by atoms with E-state index in [0.29, 0.717) is 6.54 Å². The molecule has 0 aliphatic heterocycles. The number of aromatic nitrogens is 3. The van der Waals surface area contributed by atoms with Gasteiger partial charge in [-0.05, 0) is 49.9 Å². The van der Waals surface area contributed by atoms with Crippen molar-refractivity contribution in [3.05, 3.63) is 41.0 Å². The fraction of sp³-hybridized carbons (Fsp3) is 0.438. The summed E-state index contributed by atoms with van der Waals surface area (Å²) >= 11 is 0. The van der Waals surface area contributed by atoms with Crippen LogP contribution in [0.2, 0.25) is 0 Å². The van der Waals surface area contributed by atoms with Crippen LogP contribution in [0.5, 0.6) is 0 Å². The van der Waals surface area contributed by atoms with E-state index in [-0.39, 0.29) is 0 Å². The molecule has 106 valence electrons. The molecular weight excluding hydrogens is 248 g/mol. The molecule has 0 radical (unpaired) electrons. The van der Waals surface area contributed by atoms with Gasteiger partial charge >= 0.3 is 0 Å². The van der Waals surface area contributed by atoms with E-state index in [4.69, 9.17) is 15.7 Å². The van der Waals surface area contributed by atoms with Crippen molar-refractivity contribution in [2.24, 2.45) is 5.73 Å². The predicted molar refractivity (Wildman–Crippen MR) is 81.5 cm³/mol. The summed E-state index contributed by atoms with van der Waals surface area (Å²) in [6.45, 7) is 6.93. The zero-order valence-electron chi connectivity index (χ0n) is 12.5. The number of nitrogens with zero attached hydrogens (tertiary/aromatic N) is 3. The molecule has 0 saturated heterocycles. The van der Waals surface area contributed by atoms with E-state index in [0.717, 1.165) is 47.6 Å². The molecule has 2 aromatic rings. The smallest absolute Gasteiger partial charge is 0.160 e. The molecule has 2 aromatic heterocycles. The third kappa shape index (κ3) is 2.85. The molecule has 0 fully saturated rings. The molecule has 0 aliphatic rings. The van der Waals surface area contributed by atoms with Gasteiger partial charge in [0.1, 0.15) is 0 Å². The van der Waals surface area contributed by atoms with Gasteiger partial charge in [0.15, 0.2) is 5.82 Å². The summed E-state index contributed by atoms with van der Waals surface area (Å²) in [7, 11) is 0. The first-order chi connectivity index (χ1) is 9.71. The van der Waals surface area contributed by atoms with Crippen molar-refractivity contribution in [1.82, 2.24) is 15.0 Å². The fourth-order valence-electron chi connectivity index (χ4n) is 2.44. The maximum absolute atomic E-state index is 5.72. The Bertz CT molecular complexity index is 568. The second-order valence-corrected chi connectivity index (χ2v) is 4.86. The lowest BCUT2D eigenvalue weighted by Crippen LogP contribution is -2.12. The minimum Gasteiger partial charge on any atom is -0.330 e. The number of pyridine rings is 1. The van der Waals surface area contributed by atoms with Crippen LogP contribution in [0.1, 0.15) is 36.4 Å². The van der Waals surface area contributed by atoms with Gasteiger partial charge in [-0.15, -0.1) is 0 Å². The van der Waals surface area contributed by atoms with Crippen molar-refractivity contribution in [2.45, 2.75) is 40.0 Å². The number of hydrogen-bond acceptors (Lipinski definition) is 4. The molecule has 2 rings (SSSR count). The van der Waals surface area contributed by atoms with Crippen LogP contribution in [0.3, 0.4) is 0 Å². The van der Waals surface area contributed by atoms with Crippen molar-refractivity contribution in [3.63, 3.8) is 0 Å². The SMILES string of the molecule is CCc1nc(-c2ccncc2C)nc(CC)c1CCN. The third-order valence-corrected chi connectivity index (χ3v) is 3.50. The van der Waals surface area contributed by atoms with Crippen molar-refractivity contribution in [1.29, 1.82) is 0 Å². The molecule has 4 heteroatoms. The Labute approximate surface area is 120 Å². The van der Waals surface area contributed by atoms with Crippen LogP contribution in [-0.2, 0) is 19.3 Å². The van der Waals surface area contributed by atoms with E-state index in [1.54, 1.807) is 6.20 Å². The Balaban J connectivity index is 2.59. The van der Waals surface area contributed by atoms with Crippen molar-refractivity contribution >= 4 is 0 Å². The average molecular weight is 270 g/mol. The first kappa shape index (κ1) is 14.6. The Hall–Kier alpha value is -1.81. The number of aryl methyl sites for hydroxylation is 3. The van der Waals surface area contributed by atoms with Gasteiger partial charge in [0, 0.05) is 29.3 Å². The quantitative estimate of drug-likeness (QED) is 0.906. The zero-order valence-corrected chi connectivity index (χ0v) is 12.5. The predicted octanol–water partition coefficient (Wildman–Crippen LogP) is 2.47. The Morgan fingerprint density at radius 3 is 2.25 bits per heavy atom. The lowest BCUT2D eigenvalue weighted by Gasteiger charge is -2.14. The van der Waals surface area contributed by atoms with Crippen molar-refractivity contribution in [2.75, 3.05) is 6.54 Å². The summed E-state index contributed by atoms with van der Waals surface area (Å²) in [4.78, 5) is 13.6. The van der Waals surface area contributed by atoms with Crippen molar-refractivity contribution in [3.8, 4) is 11.4 Å². The number of hydrogen-bond donors (Lipinski definition) is 1. The first-order valence-corrected chi connectivity index (χ1v) is 7.20. The molecule has 2 heterocycles. The van der Waals surface area contributed by atoms with E-state index in [1.807, 2.05) is 19.2 Å². The molecule has 0 bridgehead atoms. The van der Waals surface area contributed by atoms with Crippen molar-refractivity contribution < 1.29 is 0 Å². The molecule has 4 nitrogen and oxygen atoms in total. The molecule has 0 aromatic carbocycles. The zero-order chi connectivity index (χ0) is 14.5. The van der Waals surface area contributed by atoms with Crippen LogP contribution in [0, 0.1) is 6.92 Å². The maximum Gasteiger partial charge on any atom is 0.160 e. The summed E-state index contributed by atoms with van der Waals surface area (Å²) in [6, 6.07) is 1.98. The summed E-state index contributed by atoms with van der Waals surface area (Å²) in [6.07, 6.45) is 6.30. The average Bonchev–Trinajstić information content (AvgIpc) is 2.48. The van der Waals surface area contributed by atoms with Crippen LogP contribution < -0.4 is 5.73 Å². The van der Waals surface area contributed by atoms with Crippen LogP contribution in [0.25, 0.3) is 11.4 Å². The molecule has 20 heavy (non-hydrogen) atoms. The van der Waals surface area contributed by atoms with E-state index in [2.05, 4.69) is 18.8 Å². The van der Waals surface area contributed by atoms with Gasteiger partial charge in [0.25, 0.3) is 0 Å². The van der Waals surface area contributed by atoms with Crippen LogP contribution in [0.15, 0.2) is 18.5 Å². The standard InChI is InChI=1S/C16H22N4/c1-4-14-13(6-8-17)15(5-2)20-16(19-14)12-7-9-18-10-11(12)3/h7,9-10H,4-6,8,17H2,1-3H3. The Kier molecular flexibility index (Phi) is 4.79. The summed E-state index contributed by atoms with van der Waals surface area (Å²) < 4.78 is 0. The van der Waals surface area contributed by atoms with Gasteiger partial charge in [-0.2, -0.15) is 0 Å². The first-order valence-electron chi connectivity index (χ1n) is 7.20. The minimum atomic E-state index is 0.636. The summed E-state index contributed by atoms with van der Waals surface area (Å²) in [5.74, 6) is 0.805. The van der Waals surface area contributed by atoms with Gasteiger partial charge in [-0.25, -0.2) is 9.97 Å². The fourth-order valence-corrected chi connectivity index (χ4v) is 2.44. The topological polar surface area (TPSA) is 64.7 Å². The number of rotatable bonds is 5. The molecule has 0 saturated carbocycles.